The van der Waals surface area contributed by atoms with Crippen molar-refractivity contribution >= 4 is 17.4 Å². The van der Waals surface area contributed by atoms with Crippen molar-refractivity contribution in [3.05, 3.63) is 89.4 Å². The van der Waals surface area contributed by atoms with Crippen LogP contribution in [-0.4, -0.2) is 31.1 Å². The quantitative estimate of drug-likeness (QED) is 0.305. The van der Waals surface area contributed by atoms with E-state index >= 15 is 0 Å². The normalized spacial score (nSPS) is 14.2. The number of nitrogens with zero attached hydrogens (tertiary/aromatic N) is 3. The van der Waals surface area contributed by atoms with Gasteiger partial charge >= 0.3 is 12.4 Å². The molecule has 0 bridgehead atoms. The van der Waals surface area contributed by atoms with E-state index in [1.165, 1.54) is 38.3 Å². The van der Waals surface area contributed by atoms with Crippen LogP contribution in [0.3, 0.4) is 0 Å². The first-order chi connectivity index (χ1) is 18.6. The molecule has 0 radical (unpaired) electrons. The van der Waals surface area contributed by atoms with Gasteiger partial charge in [0.2, 0.25) is 5.91 Å². The van der Waals surface area contributed by atoms with E-state index in [0.29, 0.717) is 42.4 Å². The molecule has 0 N–H and O–H groups in total. The molecule has 2 heterocycles. The van der Waals surface area contributed by atoms with Crippen molar-refractivity contribution < 1.29 is 35.9 Å². The number of benzene rings is 2. The van der Waals surface area contributed by atoms with E-state index < -0.39 is 40.4 Å². The second kappa shape index (κ2) is 10.5. The molecule has 0 atom stereocenters. The number of amides is 1. The number of aryl methyl sites for hydroxylation is 1. The van der Waals surface area contributed by atoms with Crippen molar-refractivity contribution in [2.75, 3.05) is 30.0 Å². The highest BCUT2D eigenvalue weighted by Crippen LogP contribution is 2.41. The van der Waals surface area contributed by atoms with E-state index in [9.17, 15) is 31.1 Å². The zero-order chi connectivity index (χ0) is 29.5. The zero-order valence-electron chi connectivity index (χ0n) is 22.2. The minimum Gasteiger partial charge on any atom is -0.498 e. The molecule has 212 valence electrons. The molecule has 1 amide bonds. The molecule has 0 fully saturated rings. The highest BCUT2D eigenvalue weighted by Gasteiger charge is 2.41. The second-order valence-electron chi connectivity index (χ2n) is 10.0. The molecule has 0 saturated heterocycles. The molecular weight excluding hydrogens is 536 g/mol. The summed E-state index contributed by atoms with van der Waals surface area (Å²) in [4.78, 5) is 21.4. The molecule has 4 rings (SSSR count). The Morgan fingerprint density at radius 2 is 1.52 bits per heavy atom. The van der Waals surface area contributed by atoms with Crippen LogP contribution in [0.25, 0.3) is 11.1 Å². The molecule has 1 aliphatic heterocycles. The van der Waals surface area contributed by atoms with Gasteiger partial charge in [-0.2, -0.15) is 26.3 Å². The SMILES string of the molecule is Cc1ccccc1-c1cc(N2C=COCC2)ncc1N(C)C(=O)C(C)(C)c1cc(C(F)(F)F)cc(C(F)(F)F)c1. The van der Waals surface area contributed by atoms with Crippen LogP contribution in [0.4, 0.5) is 37.8 Å². The van der Waals surface area contributed by atoms with Gasteiger partial charge in [-0.05, 0) is 61.7 Å². The summed E-state index contributed by atoms with van der Waals surface area (Å²) >= 11 is 0. The van der Waals surface area contributed by atoms with Gasteiger partial charge < -0.3 is 14.5 Å². The number of likely N-dealkylation sites (N-methyl/N-ethyl adjacent to an activating group) is 1. The van der Waals surface area contributed by atoms with Crippen LogP contribution in [0.2, 0.25) is 0 Å². The minimum absolute atomic E-state index is 0.0484. The van der Waals surface area contributed by atoms with Crippen molar-refractivity contribution in [3.8, 4) is 11.1 Å². The smallest absolute Gasteiger partial charge is 0.416 e. The standard InChI is InChI=1S/C29H27F6N3O2/c1-18-7-5-6-8-22(18)23-16-25(38-9-11-40-12-10-38)36-17-24(23)37(4)26(39)27(2,3)19-13-20(28(30,31)32)15-21(14-19)29(33,34)35/h5-9,11,13-17H,10,12H2,1-4H3. The van der Waals surface area contributed by atoms with Gasteiger partial charge in [0.1, 0.15) is 12.4 Å². The number of hydrogen-bond acceptors (Lipinski definition) is 4. The number of carbonyl (C=O) groups excluding carboxylic acids is 1. The molecule has 0 unspecified atom stereocenters. The maximum atomic E-state index is 13.8. The van der Waals surface area contributed by atoms with Crippen LogP contribution in [0.5, 0.6) is 0 Å². The Labute approximate surface area is 227 Å². The Morgan fingerprint density at radius 3 is 2.08 bits per heavy atom. The third kappa shape index (κ3) is 5.78. The van der Waals surface area contributed by atoms with Gasteiger partial charge in [0.15, 0.2) is 0 Å². The summed E-state index contributed by atoms with van der Waals surface area (Å²) in [5.74, 6) is -0.134. The van der Waals surface area contributed by atoms with E-state index in [1.54, 1.807) is 12.3 Å². The lowest BCUT2D eigenvalue weighted by molar-refractivity contribution is -0.143. The fourth-order valence-electron chi connectivity index (χ4n) is 4.52. The molecule has 0 saturated carbocycles. The predicted molar refractivity (Wildman–Crippen MR) is 140 cm³/mol. The topological polar surface area (TPSA) is 45.7 Å². The number of halogens is 6. The lowest BCUT2D eigenvalue weighted by atomic mass is 9.81. The van der Waals surface area contributed by atoms with Gasteiger partial charge in [-0.25, -0.2) is 4.98 Å². The number of alkyl halides is 6. The average molecular weight is 564 g/mol. The van der Waals surface area contributed by atoms with Crippen LogP contribution >= 0.6 is 0 Å². The molecule has 0 spiro atoms. The number of ether oxygens (including phenoxy) is 1. The first-order valence-electron chi connectivity index (χ1n) is 12.3. The maximum absolute atomic E-state index is 13.8. The van der Waals surface area contributed by atoms with Crippen LogP contribution in [0.15, 0.2) is 67.2 Å². The monoisotopic (exact) mass is 563 g/mol. The molecule has 5 nitrogen and oxygen atoms in total. The highest BCUT2D eigenvalue weighted by molar-refractivity contribution is 6.03. The Bertz CT molecular complexity index is 1410. The Kier molecular flexibility index (Phi) is 7.62. The summed E-state index contributed by atoms with van der Waals surface area (Å²) in [6.45, 7) is 5.48. The number of rotatable bonds is 5. The Balaban J connectivity index is 1.82. The first kappa shape index (κ1) is 29.0. The Hall–Kier alpha value is -4.02. The summed E-state index contributed by atoms with van der Waals surface area (Å²) in [5, 5.41) is 0. The molecule has 1 aliphatic rings. The van der Waals surface area contributed by atoms with E-state index in [1.807, 2.05) is 36.1 Å². The predicted octanol–water partition coefficient (Wildman–Crippen LogP) is 7.34. The molecule has 1 aromatic heterocycles. The number of hydrogen-bond donors (Lipinski definition) is 0. The van der Waals surface area contributed by atoms with Gasteiger partial charge in [0, 0.05) is 18.8 Å². The molecule has 0 aliphatic carbocycles. The maximum Gasteiger partial charge on any atom is 0.416 e. The van der Waals surface area contributed by atoms with Gasteiger partial charge in [-0.3, -0.25) is 4.79 Å². The summed E-state index contributed by atoms with van der Waals surface area (Å²) in [6.07, 6.45) is -5.34. The number of carbonyl (C=O) groups is 1. The van der Waals surface area contributed by atoms with E-state index in [0.717, 1.165) is 11.1 Å². The summed E-state index contributed by atoms with van der Waals surface area (Å²) in [6, 6.07) is 10.5. The van der Waals surface area contributed by atoms with Gasteiger partial charge in [0.25, 0.3) is 0 Å². The van der Waals surface area contributed by atoms with Gasteiger partial charge in [0.05, 0.1) is 41.2 Å². The van der Waals surface area contributed by atoms with Crippen molar-refractivity contribution in [3.63, 3.8) is 0 Å². The molecule has 3 aromatic rings. The fraction of sp³-hybridized carbons (Fsp3) is 0.310. The molecule has 40 heavy (non-hydrogen) atoms. The number of pyridine rings is 1. The van der Waals surface area contributed by atoms with Crippen molar-refractivity contribution in [1.29, 1.82) is 0 Å². The average Bonchev–Trinajstić information content (AvgIpc) is 2.91. The lowest BCUT2D eigenvalue weighted by Gasteiger charge is -2.32. The van der Waals surface area contributed by atoms with Gasteiger partial charge in [-0.15, -0.1) is 0 Å². The van der Waals surface area contributed by atoms with Gasteiger partial charge in [-0.1, -0.05) is 24.3 Å². The van der Waals surface area contributed by atoms with E-state index in [4.69, 9.17) is 4.74 Å². The van der Waals surface area contributed by atoms with Crippen molar-refractivity contribution in [2.24, 2.45) is 0 Å². The highest BCUT2D eigenvalue weighted by atomic mass is 19.4. The van der Waals surface area contributed by atoms with Crippen LogP contribution in [-0.2, 0) is 27.3 Å². The third-order valence-corrected chi connectivity index (χ3v) is 6.90. The third-order valence-electron chi connectivity index (χ3n) is 6.90. The van der Waals surface area contributed by atoms with Crippen LogP contribution < -0.4 is 9.80 Å². The zero-order valence-corrected chi connectivity index (χ0v) is 22.2. The Morgan fingerprint density at radius 1 is 0.925 bits per heavy atom. The van der Waals surface area contributed by atoms with E-state index in [2.05, 4.69) is 4.98 Å². The van der Waals surface area contributed by atoms with Crippen LogP contribution in [0.1, 0.15) is 36.1 Å². The van der Waals surface area contributed by atoms with Crippen LogP contribution in [0, 0.1) is 6.92 Å². The van der Waals surface area contributed by atoms with E-state index in [-0.39, 0.29) is 6.07 Å². The second-order valence-corrected chi connectivity index (χ2v) is 10.0. The number of aromatic nitrogens is 1. The molecule has 11 heteroatoms. The largest absolute Gasteiger partial charge is 0.498 e. The van der Waals surface area contributed by atoms with Crippen molar-refractivity contribution in [2.45, 2.75) is 38.5 Å². The molecular formula is C29H27F6N3O2. The lowest BCUT2D eigenvalue weighted by Crippen LogP contribution is -2.42. The first-order valence-corrected chi connectivity index (χ1v) is 12.3. The summed E-state index contributed by atoms with van der Waals surface area (Å²) in [7, 11) is 1.43. The summed E-state index contributed by atoms with van der Waals surface area (Å²) in [5.41, 5.74) is -2.49. The number of anilines is 2. The minimum atomic E-state index is -5.03. The summed E-state index contributed by atoms with van der Waals surface area (Å²) < 4.78 is 86.4. The molecule has 2 aromatic carbocycles. The van der Waals surface area contributed by atoms with Crippen molar-refractivity contribution in [1.82, 2.24) is 4.98 Å². The fourth-order valence-corrected chi connectivity index (χ4v) is 4.52.